The molecule has 136 valence electrons. The van der Waals surface area contributed by atoms with E-state index in [1.807, 2.05) is 5.43 Å². The number of benzene rings is 2. The first-order valence-electron chi connectivity index (χ1n) is 7.23. The van der Waals surface area contributed by atoms with Crippen molar-refractivity contribution in [3.8, 4) is 0 Å². The maximum Gasteiger partial charge on any atom is 0.416 e. The van der Waals surface area contributed by atoms with Crippen LogP contribution in [0.3, 0.4) is 0 Å². The number of carbonyl (C=O) groups is 1. The van der Waals surface area contributed by atoms with Crippen molar-refractivity contribution in [2.45, 2.75) is 12.7 Å². The van der Waals surface area contributed by atoms with Crippen LogP contribution in [0, 0.1) is 5.82 Å². The van der Waals surface area contributed by atoms with E-state index >= 15 is 0 Å². The number of hydrogen-bond donors (Lipinski definition) is 2. The number of alkyl halides is 3. The number of amides is 1. The van der Waals surface area contributed by atoms with Crippen LogP contribution in [0.1, 0.15) is 21.6 Å². The van der Waals surface area contributed by atoms with Crippen LogP contribution in [-0.2, 0) is 12.7 Å². The minimum atomic E-state index is -4.56. The molecule has 0 fully saturated rings. The summed E-state index contributed by atoms with van der Waals surface area (Å²) in [7, 11) is 0. The Morgan fingerprint density at radius 1 is 1.23 bits per heavy atom. The van der Waals surface area contributed by atoms with Gasteiger partial charge in [-0.25, -0.2) is 10.2 Å². The van der Waals surface area contributed by atoms with E-state index in [-0.39, 0.29) is 28.2 Å². The predicted molar refractivity (Wildman–Crippen MR) is 86.9 cm³/mol. The van der Waals surface area contributed by atoms with Gasteiger partial charge in [0.1, 0.15) is 5.82 Å². The molecule has 3 rings (SSSR count). The Kier molecular flexibility index (Phi) is 4.59. The van der Waals surface area contributed by atoms with E-state index in [0.29, 0.717) is 5.56 Å². The van der Waals surface area contributed by atoms with Gasteiger partial charge in [0.2, 0.25) is 0 Å². The summed E-state index contributed by atoms with van der Waals surface area (Å²) in [5.41, 5.74) is 1.37. The summed E-state index contributed by atoms with van der Waals surface area (Å²) < 4.78 is 53.4. The summed E-state index contributed by atoms with van der Waals surface area (Å²) in [6.45, 7) is -0.0607. The Morgan fingerprint density at radius 2 is 1.96 bits per heavy atom. The van der Waals surface area contributed by atoms with Crippen molar-refractivity contribution < 1.29 is 22.4 Å². The Hall–Kier alpha value is -2.65. The second-order valence-electron chi connectivity index (χ2n) is 5.45. The number of rotatable bonds is 3. The van der Waals surface area contributed by atoms with Gasteiger partial charge in [-0.3, -0.25) is 14.9 Å². The average molecular weight is 387 g/mol. The Labute approximate surface area is 149 Å². The summed E-state index contributed by atoms with van der Waals surface area (Å²) in [5, 5.41) is 4.33. The molecule has 0 bridgehead atoms. The molecule has 3 aromatic rings. The highest BCUT2D eigenvalue weighted by Gasteiger charge is 2.31. The first-order chi connectivity index (χ1) is 12.2. The zero-order valence-electron chi connectivity index (χ0n) is 12.9. The summed E-state index contributed by atoms with van der Waals surface area (Å²) in [6, 6.07) is 6.53. The largest absolute Gasteiger partial charge is 0.416 e. The number of nitrogens with two attached hydrogens (primary N) is 1. The van der Waals surface area contributed by atoms with Crippen LogP contribution >= 0.6 is 11.6 Å². The summed E-state index contributed by atoms with van der Waals surface area (Å²) in [6.07, 6.45) is -4.56. The normalized spacial score (nSPS) is 11.8. The standard InChI is InChI=1S/C16H11ClF4N4O/c17-12-6-10(18)3-1-8(12)7-25-13-5-9(16(19,20)21)2-4-11(13)14(24-25)15(26)23-22/h1-6H,7,22H2,(H,23,26). The zero-order chi connectivity index (χ0) is 19.1. The van der Waals surface area contributed by atoms with E-state index in [1.165, 1.54) is 16.8 Å². The number of hydrazine groups is 1. The van der Waals surface area contributed by atoms with Gasteiger partial charge in [-0.1, -0.05) is 17.7 Å². The second kappa shape index (κ2) is 6.58. The molecule has 0 aliphatic heterocycles. The molecule has 0 aliphatic rings. The van der Waals surface area contributed by atoms with Crippen LogP contribution in [0.2, 0.25) is 5.02 Å². The molecule has 0 aliphatic carbocycles. The molecule has 5 nitrogen and oxygen atoms in total. The third-order valence-electron chi connectivity index (χ3n) is 3.76. The number of carbonyl (C=O) groups excluding carboxylic acids is 1. The van der Waals surface area contributed by atoms with Crippen LogP contribution in [0.15, 0.2) is 36.4 Å². The lowest BCUT2D eigenvalue weighted by molar-refractivity contribution is -0.137. The summed E-state index contributed by atoms with van der Waals surface area (Å²) in [4.78, 5) is 11.9. The lowest BCUT2D eigenvalue weighted by atomic mass is 10.1. The van der Waals surface area contributed by atoms with E-state index in [1.54, 1.807) is 0 Å². The van der Waals surface area contributed by atoms with Crippen LogP contribution in [-0.4, -0.2) is 15.7 Å². The van der Waals surface area contributed by atoms with Gasteiger partial charge < -0.3 is 0 Å². The maximum atomic E-state index is 13.2. The van der Waals surface area contributed by atoms with Gasteiger partial charge in [0.15, 0.2) is 5.69 Å². The van der Waals surface area contributed by atoms with Crippen LogP contribution in [0.4, 0.5) is 17.6 Å². The minimum absolute atomic E-state index is 0.0607. The predicted octanol–water partition coefficient (Wildman–Crippen LogP) is 3.50. The van der Waals surface area contributed by atoms with E-state index in [0.717, 1.165) is 24.3 Å². The molecule has 3 N–H and O–H groups in total. The van der Waals surface area contributed by atoms with Crippen LogP contribution in [0.5, 0.6) is 0 Å². The molecule has 0 spiro atoms. The van der Waals surface area contributed by atoms with Gasteiger partial charge in [0.25, 0.3) is 5.91 Å². The molecular weight excluding hydrogens is 376 g/mol. The molecular formula is C16H11ClF4N4O. The first-order valence-corrected chi connectivity index (χ1v) is 7.61. The molecule has 1 aromatic heterocycles. The van der Waals surface area contributed by atoms with E-state index in [9.17, 15) is 22.4 Å². The summed E-state index contributed by atoms with van der Waals surface area (Å²) in [5.74, 6) is 3.80. The Morgan fingerprint density at radius 3 is 2.58 bits per heavy atom. The highest BCUT2D eigenvalue weighted by Crippen LogP contribution is 2.32. The van der Waals surface area contributed by atoms with Crippen molar-refractivity contribution in [1.29, 1.82) is 0 Å². The van der Waals surface area contributed by atoms with Gasteiger partial charge in [-0.05, 0) is 35.9 Å². The van der Waals surface area contributed by atoms with E-state index in [2.05, 4.69) is 5.10 Å². The third kappa shape index (κ3) is 3.35. The fourth-order valence-corrected chi connectivity index (χ4v) is 2.75. The van der Waals surface area contributed by atoms with Crippen molar-refractivity contribution in [1.82, 2.24) is 15.2 Å². The maximum absolute atomic E-state index is 13.2. The SMILES string of the molecule is NNC(=O)c1nn(Cc2ccc(F)cc2Cl)c2cc(C(F)(F)F)ccc12. The van der Waals surface area contributed by atoms with Crippen molar-refractivity contribution in [3.63, 3.8) is 0 Å². The van der Waals surface area contributed by atoms with Gasteiger partial charge in [0, 0.05) is 10.4 Å². The van der Waals surface area contributed by atoms with Gasteiger partial charge in [0.05, 0.1) is 17.6 Å². The smallest absolute Gasteiger partial charge is 0.289 e. The quantitative estimate of drug-likeness (QED) is 0.313. The number of aromatic nitrogens is 2. The van der Waals surface area contributed by atoms with Gasteiger partial charge >= 0.3 is 6.18 Å². The number of hydrogen-bond acceptors (Lipinski definition) is 3. The van der Waals surface area contributed by atoms with Crippen LogP contribution in [0.25, 0.3) is 10.9 Å². The Balaban J connectivity index is 2.17. The number of halogens is 5. The number of nitrogen functional groups attached to an aromatic ring is 1. The zero-order valence-corrected chi connectivity index (χ0v) is 13.7. The third-order valence-corrected chi connectivity index (χ3v) is 4.11. The lowest BCUT2D eigenvalue weighted by Gasteiger charge is -2.09. The fourth-order valence-electron chi connectivity index (χ4n) is 2.52. The van der Waals surface area contributed by atoms with Gasteiger partial charge in [-0.2, -0.15) is 18.3 Å². The molecule has 0 unspecified atom stereocenters. The number of nitrogens with one attached hydrogen (secondary N) is 1. The van der Waals surface area contributed by atoms with E-state index < -0.39 is 23.5 Å². The van der Waals surface area contributed by atoms with Crippen molar-refractivity contribution in [2.24, 2.45) is 5.84 Å². The topological polar surface area (TPSA) is 72.9 Å². The fraction of sp³-hybridized carbons (Fsp3) is 0.125. The van der Waals surface area contributed by atoms with Crippen molar-refractivity contribution in [2.75, 3.05) is 0 Å². The molecule has 0 saturated heterocycles. The first kappa shape index (κ1) is 18.2. The van der Waals surface area contributed by atoms with Crippen LogP contribution < -0.4 is 11.3 Å². The Bertz CT molecular complexity index is 1000. The summed E-state index contributed by atoms with van der Waals surface area (Å²) >= 11 is 5.97. The number of nitrogens with zero attached hydrogens (tertiary/aromatic N) is 2. The molecule has 0 radical (unpaired) electrons. The number of fused-ring (bicyclic) bond motifs is 1. The lowest BCUT2D eigenvalue weighted by Crippen LogP contribution is -2.30. The monoisotopic (exact) mass is 386 g/mol. The molecule has 1 heterocycles. The second-order valence-corrected chi connectivity index (χ2v) is 5.85. The molecule has 26 heavy (non-hydrogen) atoms. The molecule has 0 atom stereocenters. The van der Waals surface area contributed by atoms with Crippen molar-refractivity contribution in [3.05, 3.63) is 64.1 Å². The molecule has 0 saturated carbocycles. The highest BCUT2D eigenvalue weighted by molar-refractivity contribution is 6.31. The molecule has 10 heteroatoms. The van der Waals surface area contributed by atoms with Gasteiger partial charge in [-0.15, -0.1) is 0 Å². The highest BCUT2D eigenvalue weighted by atomic mass is 35.5. The molecule has 2 aromatic carbocycles. The van der Waals surface area contributed by atoms with Crippen molar-refractivity contribution >= 4 is 28.4 Å². The average Bonchev–Trinajstić information content (AvgIpc) is 2.94. The van der Waals surface area contributed by atoms with E-state index in [4.69, 9.17) is 17.4 Å². The minimum Gasteiger partial charge on any atom is -0.289 e. The molecule has 1 amide bonds.